The van der Waals surface area contributed by atoms with E-state index in [0.29, 0.717) is 19.0 Å². The topological polar surface area (TPSA) is 40.5 Å². The van der Waals surface area contributed by atoms with Crippen molar-refractivity contribution in [3.8, 4) is 0 Å². The second-order valence-corrected chi connectivity index (χ2v) is 3.31. The summed E-state index contributed by atoms with van der Waals surface area (Å²) in [5.41, 5.74) is 0. The number of halogens is 1. The first-order valence-electron chi connectivity index (χ1n) is 4.22. The predicted octanol–water partition coefficient (Wildman–Crippen LogP) is 2.11. The molecule has 12 heavy (non-hydrogen) atoms. The fraction of sp³-hybridized carbons (Fsp3) is 0.875. The molecule has 0 amide bonds. The highest BCUT2D eigenvalue weighted by Crippen LogP contribution is 2.08. The number of nitrogens with zero attached hydrogens (tertiary/aromatic N) is 1. The van der Waals surface area contributed by atoms with E-state index < -0.39 is 5.97 Å². The third-order valence-corrected chi connectivity index (χ3v) is 2.33. The summed E-state index contributed by atoms with van der Waals surface area (Å²) in [5.74, 6) is -0.760. The molecule has 0 aliphatic heterocycles. The van der Waals surface area contributed by atoms with Gasteiger partial charge in [-0.25, -0.2) is 4.42 Å². The molecule has 4 heteroatoms. The molecule has 0 aromatic heterocycles. The maximum absolute atomic E-state index is 10.2. The second-order valence-electron chi connectivity index (χ2n) is 2.88. The fourth-order valence-corrected chi connectivity index (χ4v) is 1.06. The van der Waals surface area contributed by atoms with E-state index in [9.17, 15) is 4.79 Å². The van der Waals surface area contributed by atoms with Gasteiger partial charge in [-0.3, -0.25) is 4.79 Å². The molecule has 0 spiro atoms. The second kappa shape index (κ2) is 6.26. The van der Waals surface area contributed by atoms with E-state index in [1.807, 2.05) is 6.92 Å². The van der Waals surface area contributed by atoms with E-state index >= 15 is 0 Å². The first kappa shape index (κ1) is 11.7. The van der Waals surface area contributed by atoms with Gasteiger partial charge in [0, 0.05) is 19.0 Å². The number of aliphatic carboxylic acids is 1. The van der Waals surface area contributed by atoms with Gasteiger partial charge in [-0.15, -0.1) is 0 Å². The first-order valence-corrected chi connectivity index (χ1v) is 4.56. The van der Waals surface area contributed by atoms with Crippen molar-refractivity contribution in [1.82, 2.24) is 4.42 Å². The summed E-state index contributed by atoms with van der Waals surface area (Å²) in [6.45, 7) is 4.72. The van der Waals surface area contributed by atoms with Gasteiger partial charge in [0.15, 0.2) is 0 Å². The Morgan fingerprint density at radius 2 is 2.25 bits per heavy atom. The molecule has 0 saturated heterocycles. The lowest BCUT2D eigenvalue weighted by molar-refractivity contribution is -0.137. The van der Waals surface area contributed by atoms with Gasteiger partial charge in [0.1, 0.15) is 0 Å². The monoisotopic (exact) mass is 193 g/mol. The molecule has 0 aliphatic rings. The molecule has 0 aromatic carbocycles. The van der Waals surface area contributed by atoms with Crippen LogP contribution in [0.15, 0.2) is 0 Å². The number of carboxylic acids is 1. The summed E-state index contributed by atoms with van der Waals surface area (Å²) < 4.78 is 1.67. The number of carboxylic acid groups (broad SMARTS) is 1. The van der Waals surface area contributed by atoms with Crippen LogP contribution in [0.4, 0.5) is 0 Å². The molecule has 0 aromatic rings. The van der Waals surface area contributed by atoms with Gasteiger partial charge in [0.2, 0.25) is 0 Å². The minimum atomic E-state index is -0.760. The molecule has 0 fully saturated rings. The average molecular weight is 194 g/mol. The van der Waals surface area contributed by atoms with Crippen LogP contribution in [0.25, 0.3) is 0 Å². The van der Waals surface area contributed by atoms with Gasteiger partial charge >= 0.3 is 5.97 Å². The maximum Gasteiger partial charge on any atom is 0.303 e. The lowest BCUT2D eigenvalue weighted by Gasteiger charge is -2.19. The molecule has 72 valence electrons. The van der Waals surface area contributed by atoms with Crippen molar-refractivity contribution in [1.29, 1.82) is 0 Å². The summed E-state index contributed by atoms with van der Waals surface area (Å²) in [7, 11) is 0. The van der Waals surface area contributed by atoms with Crippen molar-refractivity contribution < 1.29 is 9.90 Å². The Kier molecular flexibility index (Phi) is 6.11. The van der Waals surface area contributed by atoms with Crippen molar-refractivity contribution in [2.75, 3.05) is 6.54 Å². The van der Waals surface area contributed by atoms with Gasteiger partial charge in [0.05, 0.1) is 0 Å². The van der Waals surface area contributed by atoms with Gasteiger partial charge in [-0.2, -0.15) is 0 Å². The quantitative estimate of drug-likeness (QED) is 0.657. The molecule has 1 unspecified atom stereocenters. The summed E-state index contributed by atoms with van der Waals surface area (Å²) in [6.07, 6.45) is 1.79. The van der Waals surface area contributed by atoms with Crippen LogP contribution in [0.1, 0.15) is 33.1 Å². The summed E-state index contributed by atoms with van der Waals surface area (Å²) in [6, 6.07) is 0.320. The van der Waals surface area contributed by atoms with Gasteiger partial charge in [-0.1, -0.05) is 6.92 Å². The van der Waals surface area contributed by atoms with Crippen molar-refractivity contribution in [2.45, 2.75) is 39.2 Å². The van der Waals surface area contributed by atoms with E-state index in [2.05, 4.69) is 6.92 Å². The lowest BCUT2D eigenvalue weighted by Crippen LogP contribution is -2.24. The standard InChI is InChI=1S/C8H16ClNO2/c1-3-7(2)10(9)6-4-5-8(11)12/h7H,3-6H2,1-2H3,(H,11,12). The SMILES string of the molecule is CCC(C)N(Cl)CCCC(=O)O. The molecule has 3 nitrogen and oxygen atoms in total. The van der Waals surface area contributed by atoms with Crippen LogP contribution >= 0.6 is 11.8 Å². The third kappa shape index (κ3) is 5.38. The van der Waals surface area contributed by atoms with E-state index in [1.54, 1.807) is 4.42 Å². The zero-order chi connectivity index (χ0) is 9.56. The highest BCUT2D eigenvalue weighted by Gasteiger charge is 2.08. The zero-order valence-corrected chi connectivity index (χ0v) is 8.34. The summed E-state index contributed by atoms with van der Waals surface area (Å²) in [4.78, 5) is 10.2. The largest absolute Gasteiger partial charge is 0.481 e. The van der Waals surface area contributed by atoms with Gasteiger partial charge in [-0.05, 0) is 31.5 Å². The van der Waals surface area contributed by atoms with E-state index in [0.717, 1.165) is 6.42 Å². The highest BCUT2D eigenvalue weighted by molar-refractivity contribution is 6.13. The normalized spacial score (nSPS) is 13.3. The number of hydrogen-bond acceptors (Lipinski definition) is 2. The maximum atomic E-state index is 10.2. The smallest absolute Gasteiger partial charge is 0.303 e. The highest BCUT2D eigenvalue weighted by atomic mass is 35.5. The number of rotatable bonds is 6. The third-order valence-electron chi connectivity index (χ3n) is 1.83. The Balaban J connectivity index is 3.43. The van der Waals surface area contributed by atoms with Crippen molar-refractivity contribution in [2.24, 2.45) is 0 Å². The van der Waals surface area contributed by atoms with Crippen molar-refractivity contribution >= 4 is 17.7 Å². The summed E-state index contributed by atoms with van der Waals surface area (Å²) in [5, 5.41) is 8.36. The Morgan fingerprint density at radius 1 is 1.67 bits per heavy atom. The fourth-order valence-electron chi connectivity index (χ4n) is 0.800. The van der Waals surface area contributed by atoms with Crippen LogP contribution in [0, 0.1) is 0 Å². The molecule has 0 bridgehead atoms. The van der Waals surface area contributed by atoms with Gasteiger partial charge < -0.3 is 5.11 Å². The molecular weight excluding hydrogens is 178 g/mol. The molecule has 0 heterocycles. The molecule has 0 radical (unpaired) electrons. The van der Waals surface area contributed by atoms with Gasteiger partial charge in [0.25, 0.3) is 0 Å². The lowest BCUT2D eigenvalue weighted by atomic mass is 10.2. The number of carbonyl (C=O) groups is 1. The van der Waals surface area contributed by atoms with Crippen LogP contribution in [-0.4, -0.2) is 28.1 Å². The molecular formula is C8H16ClNO2. The summed E-state index contributed by atoms with van der Waals surface area (Å²) >= 11 is 5.86. The molecule has 1 N–H and O–H groups in total. The Labute approximate surface area is 78.4 Å². The minimum absolute atomic E-state index is 0.194. The average Bonchev–Trinajstić information content (AvgIpc) is 2.02. The van der Waals surface area contributed by atoms with Crippen LogP contribution in [-0.2, 0) is 4.79 Å². The Hall–Kier alpha value is -0.280. The van der Waals surface area contributed by atoms with Crippen LogP contribution in [0.2, 0.25) is 0 Å². The van der Waals surface area contributed by atoms with Crippen molar-refractivity contribution in [3.05, 3.63) is 0 Å². The van der Waals surface area contributed by atoms with Crippen molar-refractivity contribution in [3.63, 3.8) is 0 Å². The van der Waals surface area contributed by atoms with E-state index in [1.165, 1.54) is 0 Å². The van der Waals surface area contributed by atoms with Crippen LogP contribution in [0.3, 0.4) is 0 Å². The minimum Gasteiger partial charge on any atom is -0.481 e. The van der Waals surface area contributed by atoms with Crippen LogP contribution in [0.5, 0.6) is 0 Å². The first-order chi connectivity index (χ1) is 5.57. The Morgan fingerprint density at radius 3 is 2.67 bits per heavy atom. The Bertz CT molecular complexity index is 141. The van der Waals surface area contributed by atoms with Crippen LogP contribution < -0.4 is 0 Å². The molecule has 0 saturated carbocycles. The van der Waals surface area contributed by atoms with E-state index in [-0.39, 0.29) is 6.42 Å². The molecule has 1 atom stereocenters. The zero-order valence-electron chi connectivity index (χ0n) is 7.59. The van der Waals surface area contributed by atoms with E-state index in [4.69, 9.17) is 16.9 Å². The predicted molar refractivity (Wildman–Crippen MR) is 49.2 cm³/mol. The molecule has 0 aliphatic carbocycles. The number of hydrogen-bond donors (Lipinski definition) is 1. The molecule has 0 rings (SSSR count).